The molecule has 4 nitrogen and oxygen atoms in total. The highest BCUT2D eigenvalue weighted by Gasteiger charge is 2.29. The quantitative estimate of drug-likeness (QED) is 0.560. The topological polar surface area (TPSA) is 49.4 Å². The van der Waals surface area contributed by atoms with Gasteiger partial charge < -0.3 is 10.2 Å². The zero-order valence-corrected chi connectivity index (χ0v) is 20.9. The molecule has 0 saturated heterocycles. The Kier molecular flexibility index (Phi) is 9.06. The van der Waals surface area contributed by atoms with Gasteiger partial charge in [-0.1, -0.05) is 76.2 Å². The Morgan fingerprint density at radius 1 is 1.00 bits per heavy atom. The van der Waals surface area contributed by atoms with E-state index in [9.17, 15) is 9.59 Å². The minimum Gasteiger partial charge on any atom is -0.352 e. The van der Waals surface area contributed by atoms with Gasteiger partial charge in [-0.25, -0.2) is 0 Å². The Labute approximate surface area is 194 Å². The third kappa shape index (κ3) is 7.22. The molecule has 1 N–H and O–H groups in total. The molecule has 0 aliphatic carbocycles. The molecule has 2 aromatic rings. The largest absolute Gasteiger partial charge is 0.352 e. The van der Waals surface area contributed by atoms with E-state index in [1.807, 2.05) is 52.0 Å². The minimum atomic E-state index is -0.479. The Bertz CT molecular complexity index is 894. The number of carbonyl (C=O) groups excluding carboxylic acids is 2. The maximum absolute atomic E-state index is 13.4. The molecule has 0 fully saturated rings. The molecule has 0 radical (unpaired) electrons. The summed E-state index contributed by atoms with van der Waals surface area (Å²) in [5.74, 6) is -0.0714. The van der Waals surface area contributed by atoms with Crippen LogP contribution in [0.1, 0.15) is 76.6 Å². The van der Waals surface area contributed by atoms with Crippen LogP contribution in [0.25, 0.3) is 0 Å². The van der Waals surface area contributed by atoms with Crippen LogP contribution < -0.4 is 5.32 Å². The van der Waals surface area contributed by atoms with E-state index in [0.717, 1.165) is 16.7 Å². The fourth-order valence-electron chi connectivity index (χ4n) is 3.84. The van der Waals surface area contributed by atoms with Crippen molar-refractivity contribution in [2.24, 2.45) is 0 Å². The third-order valence-corrected chi connectivity index (χ3v) is 5.87. The van der Waals surface area contributed by atoms with Crippen LogP contribution in [0, 0.1) is 6.92 Å². The van der Waals surface area contributed by atoms with Gasteiger partial charge in [-0.3, -0.25) is 9.59 Å². The van der Waals surface area contributed by atoms with E-state index in [1.165, 1.54) is 5.56 Å². The molecule has 0 aliphatic heterocycles. The van der Waals surface area contributed by atoms with Crippen LogP contribution in [-0.4, -0.2) is 28.8 Å². The van der Waals surface area contributed by atoms with Gasteiger partial charge in [0.25, 0.3) is 0 Å². The van der Waals surface area contributed by atoms with E-state index in [4.69, 9.17) is 0 Å². The Morgan fingerprint density at radius 3 is 2.16 bits per heavy atom. The second-order valence-corrected chi connectivity index (χ2v) is 9.98. The van der Waals surface area contributed by atoms with E-state index in [-0.39, 0.29) is 23.3 Å². The SMILES string of the molecule is CC[C@@H](C(=O)NC(C)C)N(Cc1ccccc1C)C(=O)CCc1ccc(C(C)(C)C)cc1. The van der Waals surface area contributed by atoms with Gasteiger partial charge in [0, 0.05) is 19.0 Å². The monoisotopic (exact) mass is 436 g/mol. The van der Waals surface area contributed by atoms with Crippen LogP contribution in [0.4, 0.5) is 0 Å². The summed E-state index contributed by atoms with van der Waals surface area (Å²) in [5, 5.41) is 2.99. The number of hydrogen-bond donors (Lipinski definition) is 1. The van der Waals surface area contributed by atoms with Crippen molar-refractivity contribution < 1.29 is 9.59 Å². The summed E-state index contributed by atoms with van der Waals surface area (Å²) in [4.78, 5) is 28.1. The van der Waals surface area contributed by atoms with Crippen molar-refractivity contribution in [3.63, 3.8) is 0 Å². The second kappa shape index (κ2) is 11.3. The molecule has 0 unspecified atom stereocenters. The molecule has 0 bridgehead atoms. The summed E-state index contributed by atoms with van der Waals surface area (Å²) in [5.41, 5.74) is 4.73. The Morgan fingerprint density at radius 2 is 1.62 bits per heavy atom. The maximum Gasteiger partial charge on any atom is 0.243 e. The van der Waals surface area contributed by atoms with Gasteiger partial charge >= 0.3 is 0 Å². The number of nitrogens with zero attached hydrogens (tertiary/aromatic N) is 1. The number of nitrogens with one attached hydrogen (secondary N) is 1. The molecular weight excluding hydrogens is 396 g/mol. The van der Waals surface area contributed by atoms with Gasteiger partial charge in [0.05, 0.1) is 0 Å². The molecule has 2 aromatic carbocycles. The highest BCUT2D eigenvalue weighted by atomic mass is 16.2. The third-order valence-electron chi connectivity index (χ3n) is 5.87. The van der Waals surface area contributed by atoms with E-state index in [2.05, 4.69) is 50.4 Å². The molecular formula is C28H40N2O2. The van der Waals surface area contributed by atoms with E-state index < -0.39 is 6.04 Å². The van der Waals surface area contributed by atoms with Crippen LogP contribution in [0.15, 0.2) is 48.5 Å². The van der Waals surface area contributed by atoms with Crippen LogP contribution >= 0.6 is 0 Å². The highest BCUT2D eigenvalue weighted by molar-refractivity contribution is 5.87. The van der Waals surface area contributed by atoms with Crippen LogP contribution in [0.3, 0.4) is 0 Å². The first kappa shape index (κ1) is 25.6. The van der Waals surface area contributed by atoms with Gasteiger partial charge in [-0.15, -0.1) is 0 Å². The predicted octanol–water partition coefficient (Wildman–Crippen LogP) is 5.56. The minimum absolute atomic E-state index is 0.0129. The molecule has 174 valence electrons. The molecule has 0 heterocycles. The summed E-state index contributed by atoms with van der Waals surface area (Å²) < 4.78 is 0. The van der Waals surface area contributed by atoms with Crippen molar-refractivity contribution in [1.82, 2.24) is 10.2 Å². The normalized spacial score (nSPS) is 12.5. The van der Waals surface area contributed by atoms with Crippen LogP contribution in [-0.2, 0) is 28.0 Å². The van der Waals surface area contributed by atoms with Crippen molar-refractivity contribution >= 4 is 11.8 Å². The van der Waals surface area contributed by atoms with Gasteiger partial charge in [-0.2, -0.15) is 0 Å². The maximum atomic E-state index is 13.4. The number of aryl methyl sites for hydroxylation is 2. The lowest BCUT2D eigenvalue weighted by Gasteiger charge is -2.31. The second-order valence-electron chi connectivity index (χ2n) is 9.98. The van der Waals surface area contributed by atoms with Crippen molar-refractivity contribution in [3.8, 4) is 0 Å². The lowest BCUT2D eigenvalue weighted by molar-refractivity contribution is -0.141. The predicted molar refractivity (Wildman–Crippen MR) is 133 cm³/mol. The first-order chi connectivity index (χ1) is 15.0. The van der Waals surface area contributed by atoms with Gasteiger partial charge in [0.15, 0.2) is 0 Å². The average molecular weight is 437 g/mol. The van der Waals surface area contributed by atoms with Crippen LogP contribution in [0.2, 0.25) is 0 Å². The highest BCUT2D eigenvalue weighted by Crippen LogP contribution is 2.23. The molecule has 0 saturated carbocycles. The van der Waals surface area contributed by atoms with Gasteiger partial charge in [-0.05, 0) is 61.3 Å². The van der Waals surface area contributed by atoms with Gasteiger partial charge in [0.2, 0.25) is 11.8 Å². The van der Waals surface area contributed by atoms with Crippen molar-refractivity contribution in [1.29, 1.82) is 0 Å². The zero-order chi connectivity index (χ0) is 23.9. The van der Waals surface area contributed by atoms with Crippen molar-refractivity contribution in [2.75, 3.05) is 0 Å². The number of carbonyl (C=O) groups is 2. The molecule has 0 spiro atoms. The molecule has 4 heteroatoms. The molecule has 0 aromatic heterocycles. The fourth-order valence-corrected chi connectivity index (χ4v) is 3.84. The number of hydrogen-bond acceptors (Lipinski definition) is 2. The van der Waals surface area contributed by atoms with Crippen molar-refractivity contribution in [3.05, 3.63) is 70.8 Å². The lowest BCUT2D eigenvalue weighted by Crippen LogP contribution is -2.50. The first-order valence-electron chi connectivity index (χ1n) is 11.8. The Hall–Kier alpha value is -2.62. The standard InChI is InChI=1S/C28H40N2O2/c1-8-25(27(32)29-20(2)3)30(19-23-12-10-9-11-21(23)4)26(31)18-15-22-13-16-24(17-14-22)28(5,6)7/h9-14,16-17,20,25H,8,15,18-19H2,1-7H3,(H,29,32)/t25-/m0/s1. The Balaban J connectivity index is 2.20. The van der Waals surface area contributed by atoms with Crippen LogP contribution in [0.5, 0.6) is 0 Å². The molecule has 2 amide bonds. The molecule has 2 rings (SSSR count). The number of amides is 2. The van der Waals surface area contributed by atoms with Gasteiger partial charge in [0.1, 0.15) is 6.04 Å². The zero-order valence-electron chi connectivity index (χ0n) is 20.9. The van der Waals surface area contributed by atoms with E-state index in [0.29, 0.717) is 25.8 Å². The fraction of sp³-hybridized carbons (Fsp3) is 0.500. The average Bonchev–Trinajstić information content (AvgIpc) is 2.72. The van der Waals surface area contributed by atoms with E-state index >= 15 is 0 Å². The summed E-state index contributed by atoms with van der Waals surface area (Å²) in [6.07, 6.45) is 1.62. The lowest BCUT2D eigenvalue weighted by atomic mass is 9.86. The summed E-state index contributed by atoms with van der Waals surface area (Å²) in [6, 6.07) is 16.1. The smallest absolute Gasteiger partial charge is 0.243 e. The summed E-state index contributed by atoms with van der Waals surface area (Å²) >= 11 is 0. The molecule has 1 atom stereocenters. The summed E-state index contributed by atoms with van der Waals surface area (Å²) in [6.45, 7) is 14.9. The number of benzene rings is 2. The number of rotatable bonds is 9. The van der Waals surface area contributed by atoms with E-state index in [1.54, 1.807) is 4.90 Å². The molecule has 0 aliphatic rings. The first-order valence-corrected chi connectivity index (χ1v) is 11.8. The summed E-state index contributed by atoms with van der Waals surface area (Å²) in [7, 11) is 0. The van der Waals surface area contributed by atoms with Crippen molar-refractivity contribution in [2.45, 2.75) is 91.8 Å². The molecule has 32 heavy (non-hydrogen) atoms.